The van der Waals surface area contributed by atoms with Crippen LogP contribution in [0.1, 0.15) is 47.5 Å². The van der Waals surface area contributed by atoms with Crippen LogP contribution < -0.4 is 5.73 Å². The van der Waals surface area contributed by atoms with Crippen molar-refractivity contribution >= 4 is 12.2 Å². The molecule has 0 unspecified atom stereocenters. The molecule has 26 heavy (non-hydrogen) atoms. The minimum atomic E-state index is -0.538. The van der Waals surface area contributed by atoms with Gasteiger partial charge in [-0.3, -0.25) is 9.59 Å². The number of allylic oxidation sites excluding steroid dienone is 9. The van der Waals surface area contributed by atoms with Crippen LogP contribution in [0.3, 0.4) is 0 Å². The zero-order valence-electron chi connectivity index (χ0n) is 14.8. The number of primary amides is 1. The first-order valence-electron chi connectivity index (χ1n) is 8.67. The second kappa shape index (κ2) is 10.1. The summed E-state index contributed by atoms with van der Waals surface area (Å²) in [6.45, 7) is 3.81. The van der Waals surface area contributed by atoms with Crippen molar-refractivity contribution in [3.8, 4) is 0 Å². The average molecular weight is 352 g/mol. The van der Waals surface area contributed by atoms with Crippen molar-refractivity contribution in [3.63, 3.8) is 0 Å². The van der Waals surface area contributed by atoms with E-state index in [0.717, 1.165) is 25.7 Å². The van der Waals surface area contributed by atoms with E-state index in [1.54, 1.807) is 0 Å². The molecule has 1 aromatic heterocycles. The molecular weight excluding hydrogens is 328 g/mol. The molecule has 136 valence electrons. The summed E-state index contributed by atoms with van der Waals surface area (Å²) in [5.41, 5.74) is 8.35. The Labute approximate surface area is 153 Å². The zero-order valence-corrected chi connectivity index (χ0v) is 14.8. The second-order valence-electron chi connectivity index (χ2n) is 6.13. The third-order valence-electron chi connectivity index (χ3n) is 4.09. The highest BCUT2D eigenvalue weighted by molar-refractivity contribution is 5.83. The number of aldehydes is 1. The van der Waals surface area contributed by atoms with Gasteiger partial charge in [-0.15, -0.1) is 6.58 Å². The number of rotatable bonds is 10. The van der Waals surface area contributed by atoms with Gasteiger partial charge in [-0.2, -0.15) is 0 Å². The molecule has 1 amide bonds. The number of hydrogen-bond acceptors (Lipinski definition) is 4. The molecule has 5 nitrogen and oxygen atoms in total. The Morgan fingerprint density at radius 1 is 1.38 bits per heavy atom. The predicted molar refractivity (Wildman–Crippen MR) is 102 cm³/mol. The molecule has 2 rings (SSSR count). The fraction of sp³-hybridized carbons (Fsp3) is 0.286. The largest absolute Gasteiger partial charge is 0.369 e. The third kappa shape index (κ3) is 5.84. The van der Waals surface area contributed by atoms with E-state index in [-0.39, 0.29) is 6.42 Å². The Kier molecular flexibility index (Phi) is 7.55. The van der Waals surface area contributed by atoms with Gasteiger partial charge in [0.2, 0.25) is 5.91 Å². The zero-order chi connectivity index (χ0) is 18.8. The summed E-state index contributed by atoms with van der Waals surface area (Å²) in [5, 5.41) is 3.80. The van der Waals surface area contributed by atoms with Gasteiger partial charge in [0.15, 0.2) is 6.29 Å². The van der Waals surface area contributed by atoms with Crippen molar-refractivity contribution in [2.45, 2.75) is 38.5 Å². The molecule has 0 bridgehead atoms. The first-order chi connectivity index (χ1) is 12.6. The van der Waals surface area contributed by atoms with Crippen LogP contribution in [0.15, 0.2) is 64.8 Å². The number of nitrogens with zero attached hydrogens (tertiary/aromatic N) is 1. The van der Waals surface area contributed by atoms with Crippen molar-refractivity contribution in [1.29, 1.82) is 0 Å². The molecule has 5 heteroatoms. The molecule has 1 aromatic rings. The summed E-state index contributed by atoms with van der Waals surface area (Å²) in [6, 6.07) is 0. The standard InChI is InChI=1S/C21H24N2O3/c1-2-7-16(12-13-17-8-4-3-5-9-17)10-6-11-20-18(15-24)19(23-26-20)14-21(22)25/h2-5,8,12-13,15H,1,6-7,9-11,14H2,(H2,22,25)/b16-12+,17-13-. The maximum atomic E-state index is 11.3. The summed E-state index contributed by atoms with van der Waals surface area (Å²) in [5.74, 6) is -0.0308. The Morgan fingerprint density at radius 3 is 2.88 bits per heavy atom. The van der Waals surface area contributed by atoms with Crippen LogP contribution in [0.25, 0.3) is 0 Å². The summed E-state index contributed by atoms with van der Waals surface area (Å²) in [7, 11) is 0. The van der Waals surface area contributed by atoms with E-state index < -0.39 is 5.91 Å². The molecule has 1 aliphatic carbocycles. The van der Waals surface area contributed by atoms with Gasteiger partial charge in [-0.1, -0.05) is 53.3 Å². The summed E-state index contributed by atoms with van der Waals surface area (Å²) < 4.78 is 5.23. The van der Waals surface area contributed by atoms with E-state index in [1.807, 2.05) is 18.2 Å². The van der Waals surface area contributed by atoms with Crippen molar-refractivity contribution in [3.05, 3.63) is 77.3 Å². The number of carbonyl (C=O) groups excluding carboxylic acids is 2. The van der Waals surface area contributed by atoms with E-state index in [9.17, 15) is 9.59 Å². The van der Waals surface area contributed by atoms with Crippen LogP contribution in [-0.2, 0) is 17.6 Å². The Balaban J connectivity index is 1.97. The van der Waals surface area contributed by atoms with Crippen LogP contribution in [0, 0.1) is 0 Å². The molecule has 0 atom stereocenters. The van der Waals surface area contributed by atoms with Crippen LogP contribution in [0.4, 0.5) is 0 Å². The van der Waals surface area contributed by atoms with E-state index >= 15 is 0 Å². The number of aryl methyl sites for hydroxylation is 1. The van der Waals surface area contributed by atoms with E-state index in [1.165, 1.54) is 11.1 Å². The summed E-state index contributed by atoms with van der Waals surface area (Å²) >= 11 is 0. The first-order valence-corrected chi connectivity index (χ1v) is 8.67. The summed E-state index contributed by atoms with van der Waals surface area (Å²) in [6.07, 6.45) is 19.1. The van der Waals surface area contributed by atoms with Gasteiger partial charge in [-0.05, 0) is 31.3 Å². The quantitative estimate of drug-likeness (QED) is 0.513. The smallest absolute Gasteiger partial charge is 0.223 e. The van der Waals surface area contributed by atoms with Crippen molar-refractivity contribution in [1.82, 2.24) is 5.16 Å². The monoisotopic (exact) mass is 352 g/mol. The van der Waals surface area contributed by atoms with Crippen molar-refractivity contribution < 1.29 is 14.1 Å². The molecule has 0 saturated heterocycles. The second-order valence-corrected chi connectivity index (χ2v) is 6.13. The number of carbonyl (C=O) groups is 2. The molecule has 1 heterocycles. The minimum Gasteiger partial charge on any atom is -0.369 e. The number of hydrogen-bond donors (Lipinski definition) is 1. The lowest BCUT2D eigenvalue weighted by Crippen LogP contribution is -2.15. The SMILES string of the molecule is C=CC/C(=C\C=C1\C=CC=CC1)CCCc1onc(CC(N)=O)c1C=O. The molecule has 0 radical (unpaired) electrons. The Morgan fingerprint density at radius 2 is 2.23 bits per heavy atom. The molecule has 2 N–H and O–H groups in total. The Bertz CT molecular complexity index is 779. The van der Waals surface area contributed by atoms with Crippen LogP contribution in [-0.4, -0.2) is 17.4 Å². The maximum absolute atomic E-state index is 11.3. The average Bonchev–Trinajstić information content (AvgIpc) is 3.01. The maximum Gasteiger partial charge on any atom is 0.223 e. The van der Waals surface area contributed by atoms with E-state index in [4.69, 9.17) is 10.3 Å². The molecule has 0 aromatic carbocycles. The molecule has 1 aliphatic rings. The molecule has 0 spiro atoms. The highest BCUT2D eigenvalue weighted by Crippen LogP contribution is 2.19. The number of amides is 1. The molecular formula is C21H24N2O3. The van der Waals surface area contributed by atoms with Gasteiger partial charge in [0.05, 0.1) is 12.0 Å². The third-order valence-corrected chi connectivity index (χ3v) is 4.09. The van der Waals surface area contributed by atoms with Gasteiger partial charge >= 0.3 is 0 Å². The van der Waals surface area contributed by atoms with Crippen molar-refractivity contribution in [2.75, 3.05) is 0 Å². The van der Waals surface area contributed by atoms with E-state index in [0.29, 0.717) is 29.7 Å². The van der Waals surface area contributed by atoms with Gasteiger partial charge < -0.3 is 10.3 Å². The molecule has 0 fully saturated rings. The summed E-state index contributed by atoms with van der Waals surface area (Å²) in [4.78, 5) is 22.3. The van der Waals surface area contributed by atoms with Gasteiger partial charge in [0.25, 0.3) is 0 Å². The minimum absolute atomic E-state index is 0.0886. The Hall–Kier alpha value is -2.95. The number of nitrogens with two attached hydrogens (primary N) is 1. The predicted octanol–water partition coefficient (Wildman–Crippen LogP) is 3.78. The highest BCUT2D eigenvalue weighted by Gasteiger charge is 2.16. The molecule has 0 saturated carbocycles. The van der Waals surface area contributed by atoms with Crippen LogP contribution >= 0.6 is 0 Å². The van der Waals surface area contributed by atoms with Gasteiger partial charge in [0, 0.05) is 6.42 Å². The fourth-order valence-electron chi connectivity index (χ4n) is 2.77. The van der Waals surface area contributed by atoms with Crippen LogP contribution in [0.2, 0.25) is 0 Å². The first kappa shape index (κ1) is 19.4. The van der Waals surface area contributed by atoms with Crippen molar-refractivity contribution in [2.24, 2.45) is 5.73 Å². The van der Waals surface area contributed by atoms with Gasteiger partial charge in [-0.25, -0.2) is 0 Å². The van der Waals surface area contributed by atoms with Crippen LogP contribution in [0.5, 0.6) is 0 Å². The normalized spacial score (nSPS) is 15.4. The lowest BCUT2D eigenvalue weighted by atomic mass is 10.0. The lowest BCUT2D eigenvalue weighted by molar-refractivity contribution is -0.117. The molecule has 0 aliphatic heterocycles. The highest BCUT2D eigenvalue weighted by atomic mass is 16.5. The topological polar surface area (TPSA) is 86.2 Å². The lowest BCUT2D eigenvalue weighted by Gasteiger charge is -2.05. The number of aromatic nitrogens is 1. The van der Waals surface area contributed by atoms with Gasteiger partial charge in [0.1, 0.15) is 11.5 Å². The fourth-order valence-corrected chi connectivity index (χ4v) is 2.77. The van der Waals surface area contributed by atoms with E-state index in [2.05, 4.69) is 36.0 Å².